The van der Waals surface area contributed by atoms with Crippen LogP contribution in [0, 0.1) is 5.92 Å². The molecule has 1 saturated heterocycles. The summed E-state index contributed by atoms with van der Waals surface area (Å²) < 4.78 is 0. The Morgan fingerprint density at radius 2 is 1.81 bits per heavy atom. The standard InChI is InChI=1S/C21H24N6/c1-2-6-17(7-3-1)14-18-9-12-27(13-10-18)21-25-20(16-24-26-21)23-15-19-8-4-5-11-22-19/h1-8,11,16,18H,9-10,12-15H2,(H,23,25,26). The van der Waals surface area contributed by atoms with Gasteiger partial charge in [-0.2, -0.15) is 10.1 Å². The number of piperidine rings is 1. The van der Waals surface area contributed by atoms with Crippen molar-refractivity contribution < 1.29 is 0 Å². The van der Waals surface area contributed by atoms with E-state index in [9.17, 15) is 0 Å². The largest absolute Gasteiger partial charge is 0.363 e. The lowest BCUT2D eigenvalue weighted by Crippen LogP contribution is -2.35. The maximum Gasteiger partial charge on any atom is 0.247 e. The minimum Gasteiger partial charge on any atom is -0.363 e. The summed E-state index contributed by atoms with van der Waals surface area (Å²) in [4.78, 5) is 11.2. The third kappa shape index (κ3) is 4.78. The lowest BCUT2D eigenvalue weighted by atomic mass is 9.90. The molecule has 27 heavy (non-hydrogen) atoms. The molecule has 1 fully saturated rings. The number of nitrogens with one attached hydrogen (secondary N) is 1. The van der Waals surface area contributed by atoms with E-state index in [1.165, 1.54) is 5.56 Å². The van der Waals surface area contributed by atoms with E-state index in [0.29, 0.717) is 12.5 Å². The van der Waals surface area contributed by atoms with Gasteiger partial charge in [0.2, 0.25) is 5.95 Å². The Balaban J connectivity index is 1.32. The van der Waals surface area contributed by atoms with E-state index in [0.717, 1.165) is 49.8 Å². The molecule has 0 atom stereocenters. The van der Waals surface area contributed by atoms with E-state index in [4.69, 9.17) is 0 Å². The second-order valence-electron chi connectivity index (χ2n) is 6.94. The molecule has 1 aliphatic rings. The molecule has 6 nitrogen and oxygen atoms in total. The molecule has 0 radical (unpaired) electrons. The molecular weight excluding hydrogens is 336 g/mol. The Bertz CT molecular complexity index is 832. The van der Waals surface area contributed by atoms with Crippen molar-refractivity contribution >= 4 is 11.8 Å². The molecule has 0 saturated carbocycles. The number of hydrogen-bond donors (Lipinski definition) is 1. The molecule has 0 bridgehead atoms. The van der Waals surface area contributed by atoms with Gasteiger partial charge in [-0.25, -0.2) is 0 Å². The van der Waals surface area contributed by atoms with E-state index in [-0.39, 0.29) is 0 Å². The number of aromatic nitrogens is 4. The topological polar surface area (TPSA) is 66.8 Å². The third-order valence-electron chi connectivity index (χ3n) is 4.99. The first-order valence-corrected chi connectivity index (χ1v) is 9.49. The zero-order valence-electron chi connectivity index (χ0n) is 15.3. The Morgan fingerprint density at radius 1 is 1.00 bits per heavy atom. The average molecular weight is 360 g/mol. The molecular formula is C21H24N6. The first-order chi connectivity index (χ1) is 13.4. The summed E-state index contributed by atoms with van der Waals surface area (Å²) in [7, 11) is 0. The van der Waals surface area contributed by atoms with E-state index in [1.807, 2.05) is 18.2 Å². The van der Waals surface area contributed by atoms with Crippen molar-refractivity contribution in [3.05, 3.63) is 72.2 Å². The average Bonchev–Trinajstić information content (AvgIpc) is 2.75. The zero-order chi connectivity index (χ0) is 18.3. The summed E-state index contributed by atoms with van der Waals surface area (Å²) in [6, 6.07) is 16.6. The minimum absolute atomic E-state index is 0.623. The number of pyridine rings is 1. The lowest BCUT2D eigenvalue weighted by molar-refractivity contribution is 0.400. The van der Waals surface area contributed by atoms with Crippen molar-refractivity contribution in [1.29, 1.82) is 0 Å². The summed E-state index contributed by atoms with van der Waals surface area (Å²) in [6.45, 7) is 2.57. The highest BCUT2D eigenvalue weighted by molar-refractivity contribution is 5.39. The van der Waals surface area contributed by atoms with Crippen LogP contribution < -0.4 is 10.2 Å². The predicted molar refractivity (Wildman–Crippen MR) is 106 cm³/mol. The molecule has 2 aromatic heterocycles. The molecule has 6 heteroatoms. The summed E-state index contributed by atoms with van der Waals surface area (Å²) in [5, 5.41) is 11.6. The second kappa shape index (κ2) is 8.58. The molecule has 0 amide bonds. The van der Waals surface area contributed by atoms with Gasteiger partial charge in [-0.1, -0.05) is 36.4 Å². The van der Waals surface area contributed by atoms with Crippen molar-refractivity contribution in [1.82, 2.24) is 20.2 Å². The molecule has 3 heterocycles. The smallest absolute Gasteiger partial charge is 0.247 e. The fraction of sp³-hybridized carbons (Fsp3) is 0.333. The first kappa shape index (κ1) is 17.4. The second-order valence-corrected chi connectivity index (χ2v) is 6.94. The van der Waals surface area contributed by atoms with Crippen LogP contribution in [0.4, 0.5) is 11.8 Å². The number of rotatable bonds is 6. The van der Waals surface area contributed by atoms with Crippen LogP contribution in [0.1, 0.15) is 24.1 Å². The van der Waals surface area contributed by atoms with Crippen LogP contribution in [0.2, 0.25) is 0 Å². The number of nitrogens with zero attached hydrogens (tertiary/aromatic N) is 5. The van der Waals surface area contributed by atoms with Crippen molar-refractivity contribution in [3.8, 4) is 0 Å². The Kier molecular flexibility index (Phi) is 5.53. The van der Waals surface area contributed by atoms with Crippen LogP contribution in [-0.4, -0.2) is 33.3 Å². The highest BCUT2D eigenvalue weighted by Crippen LogP contribution is 2.24. The molecule has 138 valence electrons. The van der Waals surface area contributed by atoms with Crippen molar-refractivity contribution in [2.24, 2.45) is 5.92 Å². The molecule has 3 aromatic rings. The molecule has 0 unspecified atom stereocenters. The Labute approximate surface area is 159 Å². The van der Waals surface area contributed by atoms with Gasteiger partial charge in [-0.3, -0.25) is 4.98 Å². The number of hydrogen-bond acceptors (Lipinski definition) is 6. The van der Waals surface area contributed by atoms with Crippen molar-refractivity contribution in [3.63, 3.8) is 0 Å². The lowest BCUT2D eigenvalue weighted by Gasteiger charge is -2.31. The van der Waals surface area contributed by atoms with E-state index in [2.05, 4.69) is 60.7 Å². The van der Waals surface area contributed by atoms with Gasteiger partial charge in [-0.15, -0.1) is 5.10 Å². The Hall–Kier alpha value is -3.02. The highest BCUT2D eigenvalue weighted by atomic mass is 15.3. The van der Waals surface area contributed by atoms with E-state index in [1.54, 1.807) is 12.4 Å². The molecule has 0 aliphatic carbocycles. The number of anilines is 2. The minimum atomic E-state index is 0.623. The van der Waals surface area contributed by atoms with Crippen LogP contribution in [0.25, 0.3) is 0 Å². The monoisotopic (exact) mass is 360 g/mol. The quantitative estimate of drug-likeness (QED) is 0.727. The molecule has 0 spiro atoms. The predicted octanol–water partition coefficient (Wildman–Crippen LogP) is 3.34. The normalized spacial score (nSPS) is 14.9. The fourth-order valence-corrected chi connectivity index (χ4v) is 3.48. The van der Waals surface area contributed by atoms with Crippen LogP contribution >= 0.6 is 0 Å². The van der Waals surface area contributed by atoms with Crippen molar-refractivity contribution in [2.45, 2.75) is 25.8 Å². The summed E-state index contributed by atoms with van der Waals surface area (Å²) in [6.07, 6.45) is 6.92. The first-order valence-electron chi connectivity index (χ1n) is 9.49. The van der Waals surface area contributed by atoms with Gasteiger partial charge in [0, 0.05) is 19.3 Å². The van der Waals surface area contributed by atoms with Crippen LogP contribution in [0.15, 0.2) is 60.9 Å². The zero-order valence-corrected chi connectivity index (χ0v) is 15.3. The van der Waals surface area contributed by atoms with Gasteiger partial charge in [-0.05, 0) is 42.9 Å². The van der Waals surface area contributed by atoms with Gasteiger partial charge >= 0.3 is 0 Å². The van der Waals surface area contributed by atoms with E-state index >= 15 is 0 Å². The molecule has 1 aliphatic heterocycles. The molecule has 1 N–H and O–H groups in total. The van der Waals surface area contributed by atoms with Crippen molar-refractivity contribution in [2.75, 3.05) is 23.3 Å². The summed E-state index contributed by atoms with van der Waals surface area (Å²) in [5.74, 6) is 2.17. The van der Waals surface area contributed by atoms with Crippen LogP contribution in [0.5, 0.6) is 0 Å². The van der Waals surface area contributed by atoms with Gasteiger partial charge in [0.05, 0.1) is 18.4 Å². The third-order valence-corrected chi connectivity index (χ3v) is 4.99. The Morgan fingerprint density at radius 3 is 2.59 bits per heavy atom. The molecule has 4 rings (SSSR count). The van der Waals surface area contributed by atoms with Gasteiger partial charge in [0.25, 0.3) is 0 Å². The van der Waals surface area contributed by atoms with Gasteiger partial charge < -0.3 is 10.2 Å². The maximum atomic E-state index is 4.63. The summed E-state index contributed by atoms with van der Waals surface area (Å²) >= 11 is 0. The highest BCUT2D eigenvalue weighted by Gasteiger charge is 2.21. The molecule has 1 aromatic carbocycles. The van der Waals surface area contributed by atoms with Crippen LogP contribution in [0.3, 0.4) is 0 Å². The fourth-order valence-electron chi connectivity index (χ4n) is 3.48. The SMILES string of the molecule is c1ccc(CC2CCN(c3nncc(NCc4ccccn4)n3)CC2)cc1. The van der Waals surface area contributed by atoms with E-state index < -0.39 is 0 Å². The van der Waals surface area contributed by atoms with Gasteiger partial charge in [0.1, 0.15) is 0 Å². The maximum absolute atomic E-state index is 4.63. The summed E-state index contributed by atoms with van der Waals surface area (Å²) in [5.41, 5.74) is 2.40. The number of benzene rings is 1. The van der Waals surface area contributed by atoms with Gasteiger partial charge in [0.15, 0.2) is 5.82 Å². The van der Waals surface area contributed by atoms with Crippen LogP contribution in [-0.2, 0) is 13.0 Å².